The smallest absolute Gasteiger partial charge is 0.251 e. The average molecular weight is 376 g/mol. The van der Waals surface area contributed by atoms with Crippen molar-refractivity contribution in [2.24, 2.45) is 11.7 Å². The number of rotatable bonds is 7. The van der Waals surface area contributed by atoms with Crippen molar-refractivity contribution in [3.05, 3.63) is 35.4 Å². The predicted molar refractivity (Wildman–Crippen MR) is 105 cm³/mol. The van der Waals surface area contributed by atoms with Crippen LogP contribution in [0.25, 0.3) is 0 Å². The predicted octanol–water partition coefficient (Wildman–Crippen LogP) is 3.23. The summed E-state index contributed by atoms with van der Waals surface area (Å²) in [6.07, 6.45) is 3.48. The molecule has 1 atom stereocenters. The maximum absolute atomic E-state index is 12.4. The summed E-state index contributed by atoms with van der Waals surface area (Å²) >= 11 is 0. The van der Waals surface area contributed by atoms with Gasteiger partial charge in [-0.05, 0) is 56.0 Å². The van der Waals surface area contributed by atoms with Crippen LogP contribution in [0, 0.1) is 5.92 Å². The van der Waals surface area contributed by atoms with Gasteiger partial charge < -0.3 is 11.1 Å². The normalized spacial score (nSPS) is 15.5. The molecule has 1 aromatic rings. The van der Waals surface area contributed by atoms with Gasteiger partial charge in [0.2, 0.25) is 0 Å². The van der Waals surface area contributed by atoms with E-state index in [-0.39, 0.29) is 36.8 Å². The van der Waals surface area contributed by atoms with Gasteiger partial charge in [-0.25, -0.2) is 0 Å². The summed E-state index contributed by atoms with van der Waals surface area (Å²) < 4.78 is 0. The highest BCUT2D eigenvalue weighted by molar-refractivity contribution is 5.94. The standard InChI is InChI=1S/C18H29N3O.2ClH/c1-14(2)10-17(12-19)20-18(22)16-7-5-6-15(11-16)13-21-8-3-4-9-21;;/h5-7,11,14,17H,3-4,8-10,12-13,19H2,1-2H3,(H,20,22);2*1H. The quantitative estimate of drug-likeness (QED) is 0.768. The Bertz CT molecular complexity index is 491. The number of amides is 1. The number of carbonyl (C=O) groups is 1. The fourth-order valence-electron chi connectivity index (χ4n) is 3.06. The molecule has 2 rings (SSSR count). The Morgan fingerprint density at radius 3 is 2.50 bits per heavy atom. The van der Waals surface area contributed by atoms with Crippen molar-refractivity contribution in [2.45, 2.75) is 45.7 Å². The number of nitrogens with one attached hydrogen (secondary N) is 1. The molecule has 138 valence electrons. The second kappa shape index (κ2) is 11.7. The van der Waals surface area contributed by atoms with Crippen molar-refractivity contribution in [1.29, 1.82) is 0 Å². The van der Waals surface area contributed by atoms with E-state index >= 15 is 0 Å². The molecule has 1 fully saturated rings. The third-order valence-corrected chi connectivity index (χ3v) is 4.17. The summed E-state index contributed by atoms with van der Waals surface area (Å²) in [7, 11) is 0. The maximum Gasteiger partial charge on any atom is 0.251 e. The van der Waals surface area contributed by atoms with Gasteiger partial charge in [0.05, 0.1) is 0 Å². The lowest BCUT2D eigenvalue weighted by atomic mass is 10.0. The molecule has 0 aromatic heterocycles. The van der Waals surface area contributed by atoms with Crippen LogP contribution < -0.4 is 11.1 Å². The number of halogens is 2. The Labute approximate surface area is 158 Å². The van der Waals surface area contributed by atoms with Crippen LogP contribution in [0.3, 0.4) is 0 Å². The van der Waals surface area contributed by atoms with Crippen molar-refractivity contribution < 1.29 is 4.79 Å². The minimum atomic E-state index is -0.0145. The number of hydrogen-bond donors (Lipinski definition) is 2. The first-order chi connectivity index (χ1) is 10.6. The number of nitrogens with zero attached hydrogens (tertiary/aromatic N) is 1. The summed E-state index contributed by atoms with van der Waals surface area (Å²) in [5.41, 5.74) is 7.71. The molecule has 0 bridgehead atoms. The van der Waals surface area contributed by atoms with E-state index in [1.54, 1.807) is 0 Å². The Morgan fingerprint density at radius 1 is 1.25 bits per heavy atom. The molecule has 1 unspecified atom stereocenters. The molecule has 1 amide bonds. The van der Waals surface area contributed by atoms with Gasteiger partial charge >= 0.3 is 0 Å². The van der Waals surface area contributed by atoms with Gasteiger partial charge in [0.25, 0.3) is 5.91 Å². The number of benzene rings is 1. The molecule has 1 aliphatic heterocycles. The van der Waals surface area contributed by atoms with Gasteiger partial charge in [0, 0.05) is 24.7 Å². The van der Waals surface area contributed by atoms with Crippen molar-refractivity contribution in [3.63, 3.8) is 0 Å². The summed E-state index contributed by atoms with van der Waals surface area (Å²) in [6.45, 7) is 8.04. The molecule has 3 N–H and O–H groups in total. The van der Waals surface area contributed by atoms with E-state index in [9.17, 15) is 4.79 Å². The van der Waals surface area contributed by atoms with Crippen LogP contribution in [-0.4, -0.2) is 36.5 Å². The Morgan fingerprint density at radius 2 is 1.92 bits per heavy atom. The van der Waals surface area contributed by atoms with Crippen LogP contribution in [0.15, 0.2) is 24.3 Å². The third kappa shape index (κ3) is 7.39. The fourth-order valence-corrected chi connectivity index (χ4v) is 3.06. The minimum absolute atomic E-state index is 0. The van der Waals surface area contributed by atoms with Crippen LogP contribution in [0.2, 0.25) is 0 Å². The van der Waals surface area contributed by atoms with Crippen molar-refractivity contribution in [2.75, 3.05) is 19.6 Å². The first-order valence-electron chi connectivity index (χ1n) is 8.40. The molecule has 0 spiro atoms. The first kappa shape index (κ1) is 23.2. The second-order valence-electron chi connectivity index (χ2n) is 6.72. The second-order valence-corrected chi connectivity index (χ2v) is 6.72. The van der Waals surface area contributed by atoms with Crippen molar-refractivity contribution >= 4 is 30.7 Å². The highest BCUT2D eigenvalue weighted by Crippen LogP contribution is 2.14. The van der Waals surface area contributed by atoms with E-state index in [4.69, 9.17) is 5.73 Å². The largest absolute Gasteiger partial charge is 0.348 e. The highest BCUT2D eigenvalue weighted by atomic mass is 35.5. The van der Waals surface area contributed by atoms with E-state index in [1.807, 2.05) is 18.2 Å². The molecule has 1 aliphatic rings. The van der Waals surface area contributed by atoms with Crippen molar-refractivity contribution in [1.82, 2.24) is 10.2 Å². The van der Waals surface area contributed by atoms with Gasteiger partial charge in [-0.3, -0.25) is 9.69 Å². The highest BCUT2D eigenvalue weighted by Gasteiger charge is 2.15. The van der Waals surface area contributed by atoms with Gasteiger partial charge in [-0.2, -0.15) is 0 Å². The molecule has 24 heavy (non-hydrogen) atoms. The monoisotopic (exact) mass is 375 g/mol. The molecule has 1 saturated heterocycles. The molecule has 0 saturated carbocycles. The van der Waals surface area contributed by atoms with Crippen molar-refractivity contribution in [3.8, 4) is 0 Å². The third-order valence-electron chi connectivity index (χ3n) is 4.17. The van der Waals surface area contributed by atoms with E-state index in [1.165, 1.54) is 31.5 Å². The number of hydrogen-bond acceptors (Lipinski definition) is 3. The molecular weight excluding hydrogens is 345 g/mol. The molecule has 4 nitrogen and oxygen atoms in total. The molecule has 0 aliphatic carbocycles. The topological polar surface area (TPSA) is 58.4 Å². The maximum atomic E-state index is 12.4. The molecular formula is C18H31Cl2N3O. The molecule has 1 heterocycles. The van der Waals surface area contributed by atoms with E-state index in [0.717, 1.165) is 18.5 Å². The average Bonchev–Trinajstić information content (AvgIpc) is 2.99. The van der Waals surface area contributed by atoms with E-state index in [2.05, 4.69) is 30.1 Å². The number of nitrogens with two attached hydrogens (primary N) is 1. The number of likely N-dealkylation sites (tertiary alicyclic amines) is 1. The first-order valence-corrected chi connectivity index (χ1v) is 8.40. The van der Waals surface area contributed by atoms with E-state index in [0.29, 0.717) is 12.5 Å². The van der Waals surface area contributed by atoms with Gasteiger partial charge in [-0.1, -0.05) is 26.0 Å². The lowest BCUT2D eigenvalue weighted by Gasteiger charge is -2.19. The van der Waals surface area contributed by atoms with Gasteiger partial charge in [0.1, 0.15) is 0 Å². The van der Waals surface area contributed by atoms with E-state index < -0.39 is 0 Å². The summed E-state index contributed by atoms with van der Waals surface area (Å²) in [5, 5.41) is 3.06. The van der Waals surface area contributed by atoms with Gasteiger partial charge in [0.15, 0.2) is 0 Å². The number of carbonyl (C=O) groups excluding carboxylic acids is 1. The molecule has 6 heteroatoms. The summed E-state index contributed by atoms with van der Waals surface area (Å²) in [4.78, 5) is 14.8. The van der Waals surface area contributed by atoms with Gasteiger partial charge in [-0.15, -0.1) is 24.8 Å². The Kier molecular flexibility index (Phi) is 11.3. The fraction of sp³-hybridized carbons (Fsp3) is 0.611. The molecule has 1 aromatic carbocycles. The van der Waals surface area contributed by atoms with Crippen LogP contribution in [0.5, 0.6) is 0 Å². The molecule has 0 radical (unpaired) electrons. The Balaban J connectivity index is 0.00000264. The zero-order chi connectivity index (χ0) is 15.9. The van der Waals surface area contributed by atoms with Crippen LogP contribution >= 0.6 is 24.8 Å². The summed E-state index contributed by atoms with van der Waals surface area (Å²) in [6, 6.07) is 8.02. The lowest BCUT2D eigenvalue weighted by Crippen LogP contribution is -2.41. The SMILES string of the molecule is CC(C)CC(CN)NC(=O)c1cccc(CN2CCCC2)c1.Cl.Cl. The Hall–Kier alpha value is -0.810. The zero-order valence-electron chi connectivity index (χ0n) is 14.7. The minimum Gasteiger partial charge on any atom is -0.348 e. The zero-order valence-corrected chi connectivity index (χ0v) is 16.3. The lowest BCUT2D eigenvalue weighted by molar-refractivity contribution is 0.0933. The summed E-state index contributed by atoms with van der Waals surface area (Å²) in [5.74, 6) is 0.509. The van der Waals surface area contributed by atoms with Crippen LogP contribution in [-0.2, 0) is 6.54 Å². The van der Waals surface area contributed by atoms with Crippen LogP contribution in [0.4, 0.5) is 0 Å². The van der Waals surface area contributed by atoms with Crippen LogP contribution in [0.1, 0.15) is 49.0 Å².